The van der Waals surface area contributed by atoms with Gasteiger partial charge in [0, 0.05) is 24.4 Å². The van der Waals surface area contributed by atoms with Gasteiger partial charge in [0.25, 0.3) is 0 Å². The second-order valence-corrected chi connectivity index (χ2v) is 6.65. The van der Waals surface area contributed by atoms with Gasteiger partial charge in [-0.3, -0.25) is 9.69 Å². The van der Waals surface area contributed by atoms with Crippen molar-refractivity contribution in [3.8, 4) is 11.3 Å². The van der Waals surface area contributed by atoms with Crippen molar-refractivity contribution in [1.82, 2.24) is 4.98 Å². The smallest absolute Gasteiger partial charge is 0.228 e. The number of amides is 1. The molecule has 0 aliphatic rings. The van der Waals surface area contributed by atoms with Crippen LogP contribution in [0.15, 0.2) is 60.0 Å². The molecule has 3 rings (SSSR count). The number of carbonyl (C=O) groups excluding carboxylic acids is 1. The Balaban J connectivity index is 1.58. The number of rotatable bonds is 6. The van der Waals surface area contributed by atoms with Crippen LogP contribution >= 0.6 is 11.3 Å². The molecule has 0 saturated carbocycles. The number of hydrogen-bond acceptors (Lipinski definition) is 3. The third kappa shape index (κ3) is 4.51. The molecule has 2 aromatic carbocycles. The number of hydrogen-bond donors (Lipinski definition) is 0. The van der Waals surface area contributed by atoms with Crippen LogP contribution in [0.3, 0.4) is 0 Å². The van der Waals surface area contributed by atoms with Gasteiger partial charge >= 0.3 is 0 Å². The molecule has 3 nitrogen and oxygen atoms in total. The SMILES string of the molecule is CN(C(=O)CCCc1ccccc1)c1nc(-c2ccc(F)cc2)cs1. The van der Waals surface area contributed by atoms with Gasteiger partial charge in [0.05, 0.1) is 5.69 Å². The Labute approximate surface area is 150 Å². The third-order valence-corrected chi connectivity index (χ3v) is 4.91. The molecule has 3 aromatic rings. The number of carbonyl (C=O) groups is 1. The van der Waals surface area contributed by atoms with Crippen molar-refractivity contribution < 1.29 is 9.18 Å². The largest absolute Gasteiger partial charge is 0.291 e. The van der Waals surface area contributed by atoms with E-state index in [0.717, 1.165) is 24.1 Å². The van der Waals surface area contributed by atoms with Gasteiger partial charge in [0.15, 0.2) is 5.13 Å². The lowest BCUT2D eigenvalue weighted by Gasteiger charge is -2.13. The van der Waals surface area contributed by atoms with Gasteiger partial charge < -0.3 is 0 Å². The van der Waals surface area contributed by atoms with Crippen LogP contribution in [0.2, 0.25) is 0 Å². The van der Waals surface area contributed by atoms with E-state index in [0.29, 0.717) is 11.6 Å². The molecule has 128 valence electrons. The first-order valence-corrected chi connectivity index (χ1v) is 9.03. The van der Waals surface area contributed by atoms with Crippen LogP contribution < -0.4 is 4.90 Å². The van der Waals surface area contributed by atoms with Gasteiger partial charge in [0.1, 0.15) is 5.82 Å². The number of thiazole rings is 1. The summed E-state index contributed by atoms with van der Waals surface area (Å²) in [5.74, 6) is -0.221. The molecule has 0 radical (unpaired) electrons. The average molecular weight is 354 g/mol. The number of benzene rings is 2. The van der Waals surface area contributed by atoms with Gasteiger partial charge in [-0.05, 0) is 42.7 Å². The van der Waals surface area contributed by atoms with Crippen LogP contribution in [0.25, 0.3) is 11.3 Å². The Morgan fingerprint density at radius 2 is 1.84 bits per heavy atom. The monoisotopic (exact) mass is 354 g/mol. The van der Waals surface area contributed by atoms with Crippen molar-refractivity contribution in [3.05, 3.63) is 71.4 Å². The van der Waals surface area contributed by atoms with E-state index in [9.17, 15) is 9.18 Å². The molecule has 1 aromatic heterocycles. The molecular weight excluding hydrogens is 335 g/mol. The Bertz CT molecular complexity index is 830. The molecule has 5 heteroatoms. The second kappa shape index (κ2) is 8.03. The zero-order chi connectivity index (χ0) is 17.6. The zero-order valence-corrected chi connectivity index (χ0v) is 14.8. The van der Waals surface area contributed by atoms with Crippen LogP contribution in [0.1, 0.15) is 18.4 Å². The van der Waals surface area contributed by atoms with E-state index in [1.807, 2.05) is 23.6 Å². The van der Waals surface area contributed by atoms with E-state index in [1.54, 1.807) is 24.1 Å². The summed E-state index contributed by atoms with van der Waals surface area (Å²) in [6.45, 7) is 0. The van der Waals surface area contributed by atoms with Crippen molar-refractivity contribution in [2.24, 2.45) is 0 Å². The summed E-state index contributed by atoms with van der Waals surface area (Å²) in [5, 5.41) is 2.54. The fraction of sp³-hybridized carbons (Fsp3) is 0.200. The molecule has 1 heterocycles. The zero-order valence-electron chi connectivity index (χ0n) is 14.0. The number of aromatic nitrogens is 1. The molecular formula is C20H19FN2OS. The van der Waals surface area contributed by atoms with Gasteiger partial charge in [-0.15, -0.1) is 11.3 Å². The molecule has 0 aliphatic heterocycles. The van der Waals surface area contributed by atoms with Crippen LogP contribution in [0, 0.1) is 5.82 Å². The first-order valence-electron chi connectivity index (χ1n) is 8.15. The minimum absolute atomic E-state index is 0.0518. The van der Waals surface area contributed by atoms with E-state index in [-0.39, 0.29) is 11.7 Å². The highest BCUT2D eigenvalue weighted by Gasteiger charge is 2.15. The van der Waals surface area contributed by atoms with E-state index in [1.165, 1.54) is 29.0 Å². The van der Waals surface area contributed by atoms with Crippen LogP contribution in [0.5, 0.6) is 0 Å². The summed E-state index contributed by atoms with van der Waals surface area (Å²) in [4.78, 5) is 18.5. The molecule has 25 heavy (non-hydrogen) atoms. The molecule has 0 fully saturated rings. The predicted octanol–water partition coefficient (Wildman–Crippen LogP) is 4.93. The standard InChI is InChI=1S/C20H19FN2OS/c1-23(19(24)9-5-8-15-6-3-2-4-7-15)20-22-18(14-25-20)16-10-12-17(21)13-11-16/h2-4,6-7,10-14H,5,8-9H2,1H3. The highest BCUT2D eigenvalue weighted by atomic mass is 32.1. The summed E-state index contributed by atoms with van der Waals surface area (Å²) in [6.07, 6.45) is 2.18. The lowest BCUT2D eigenvalue weighted by Crippen LogP contribution is -2.25. The Kier molecular flexibility index (Phi) is 5.56. The van der Waals surface area contributed by atoms with Gasteiger partial charge in [-0.1, -0.05) is 30.3 Å². The van der Waals surface area contributed by atoms with Gasteiger partial charge in [-0.25, -0.2) is 9.37 Å². The van der Waals surface area contributed by atoms with Crippen molar-refractivity contribution in [3.63, 3.8) is 0 Å². The molecule has 0 unspecified atom stereocenters. The second-order valence-electron chi connectivity index (χ2n) is 5.81. The van der Waals surface area contributed by atoms with E-state index in [2.05, 4.69) is 17.1 Å². The van der Waals surface area contributed by atoms with Crippen LogP contribution in [0.4, 0.5) is 9.52 Å². The van der Waals surface area contributed by atoms with Crippen LogP contribution in [-0.2, 0) is 11.2 Å². The fourth-order valence-corrected chi connectivity index (χ4v) is 3.35. The highest BCUT2D eigenvalue weighted by molar-refractivity contribution is 7.14. The Hall–Kier alpha value is -2.53. The Morgan fingerprint density at radius 1 is 1.12 bits per heavy atom. The normalized spacial score (nSPS) is 10.6. The maximum Gasteiger partial charge on any atom is 0.228 e. The molecule has 0 saturated heterocycles. The average Bonchev–Trinajstić information content (AvgIpc) is 3.12. The minimum Gasteiger partial charge on any atom is -0.291 e. The summed E-state index contributed by atoms with van der Waals surface area (Å²) in [5.41, 5.74) is 2.84. The predicted molar refractivity (Wildman–Crippen MR) is 100 cm³/mol. The quantitative estimate of drug-likeness (QED) is 0.628. The summed E-state index contributed by atoms with van der Waals surface area (Å²) >= 11 is 1.42. The first-order chi connectivity index (χ1) is 12.1. The lowest BCUT2D eigenvalue weighted by molar-refractivity contribution is -0.118. The summed E-state index contributed by atoms with van der Waals surface area (Å²) in [7, 11) is 1.75. The third-order valence-electron chi connectivity index (χ3n) is 3.99. The topological polar surface area (TPSA) is 33.2 Å². The van der Waals surface area contributed by atoms with Gasteiger partial charge in [-0.2, -0.15) is 0 Å². The van der Waals surface area contributed by atoms with E-state index < -0.39 is 0 Å². The summed E-state index contributed by atoms with van der Waals surface area (Å²) < 4.78 is 13.0. The molecule has 0 aliphatic carbocycles. The Morgan fingerprint density at radius 3 is 2.56 bits per heavy atom. The molecule has 0 bridgehead atoms. The van der Waals surface area contributed by atoms with E-state index in [4.69, 9.17) is 0 Å². The number of nitrogens with zero attached hydrogens (tertiary/aromatic N) is 2. The lowest BCUT2D eigenvalue weighted by atomic mass is 10.1. The molecule has 0 atom stereocenters. The fourth-order valence-electron chi connectivity index (χ4n) is 2.53. The molecule has 0 spiro atoms. The number of anilines is 1. The number of aryl methyl sites for hydroxylation is 1. The highest BCUT2D eigenvalue weighted by Crippen LogP contribution is 2.27. The van der Waals surface area contributed by atoms with Crippen molar-refractivity contribution >= 4 is 22.4 Å². The minimum atomic E-state index is -0.273. The van der Waals surface area contributed by atoms with Crippen molar-refractivity contribution in [2.45, 2.75) is 19.3 Å². The maximum absolute atomic E-state index is 13.0. The number of halogens is 1. The molecule has 0 N–H and O–H groups in total. The molecule has 1 amide bonds. The van der Waals surface area contributed by atoms with Gasteiger partial charge in [0.2, 0.25) is 5.91 Å². The van der Waals surface area contributed by atoms with Crippen LogP contribution in [-0.4, -0.2) is 17.9 Å². The first kappa shape index (κ1) is 17.3. The van der Waals surface area contributed by atoms with Crippen molar-refractivity contribution in [2.75, 3.05) is 11.9 Å². The summed E-state index contributed by atoms with van der Waals surface area (Å²) in [6, 6.07) is 16.4. The van der Waals surface area contributed by atoms with E-state index >= 15 is 0 Å². The maximum atomic E-state index is 13.0. The van der Waals surface area contributed by atoms with Crippen molar-refractivity contribution in [1.29, 1.82) is 0 Å².